The number of carbonyl (C=O) groups excluding carboxylic acids is 1. The minimum atomic E-state index is -0.698. The molecule has 0 fully saturated rings. The van der Waals surface area contributed by atoms with Crippen molar-refractivity contribution in [1.82, 2.24) is 15.0 Å². The molecule has 35 heavy (non-hydrogen) atoms. The summed E-state index contributed by atoms with van der Waals surface area (Å²) in [5.41, 5.74) is 2.32. The second-order valence-corrected chi connectivity index (χ2v) is 9.15. The molecule has 0 amide bonds. The van der Waals surface area contributed by atoms with E-state index >= 15 is 0 Å². The van der Waals surface area contributed by atoms with Crippen molar-refractivity contribution < 1.29 is 14.5 Å². The molecule has 2 aromatic heterocycles. The van der Waals surface area contributed by atoms with Crippen LogP contribution in [0, 0.1) is 10.1 Å². The monoisotopic (exact) mass is 493 g/mol. The first-order valence-electron chi connectivity index (χ1n) is 10.8. The minimum Gasteiger partial charge on any atom is -0.460 e. The Balaban J connectivity index is 1.68. The van der Waals surface area contributed by atoms with E-state index in [0.29, 0.717) is 39.1 Å². The summed E-state index contributed by atoms with van der Waals surface area (Å²) in [6, 6.07) is 9.75. The van der Waals surface area contributed by atoms with Gasteiger partial charge in [-0.15, -0.1) is 0 Å². The maximum atomic E-state index is 13.3. The molecule has 0 radical (unpaired) electrons. The van der Waals surface area contributed by atoms with Gasteiger partial charge in [-0.2, -0.15) is 0 Å². The predicted octanol–water partition coefficient (Wildman–Crippen LogP) is 4.15. The van der Waals surface area contributed by atoms with Crippen molar-refractivity contribution >= 4 is 29.2 Å². The minimum absolute atomic E-state index is 0.0127. The Morgan fingerprint density at radius 3 is 2.63 bits per heavy atom. The quantitative estimate of drug-likeness (QED) is 0.163. The van der Waals surface area contributed by atoms with Gasteiger partial charge in [0.1, 0.15) is 5.82 Å². The van der Waals surface area contributed by atoms with E-state index in [-0.39, 0.29) is 17.4 Å². The van der Waals surface area contributed by atoms with Gasteiger partial charge in [0, 0.05) is 36.0 Å². The van der Waals surface area contributed by atoms with Gasteiger partial charge in [-0.05, 0) is 38.0 Å². The molecule has 0 saturated heterocycles. The van der Waals surface area contributed by atoms with Crippen LogP contribution in [0.1, 0.15) is 43.4 Å². The highest BCUT2D eigenvalue weighted by Crippen LogP contribution is 2.40. The van der Waals surface area contributed by atoms with Crippen LogP contribution in [0.5, 0.6) is 0 Å². The summed E-state index contributed by atoms with van der Waals surface area (Å²) in [7, 11) is 0. The van der Waals surface area contributed by atoms with Gasteiger partial charge < -0.3 is 15.0 Å². The Labute approximate surface area is 205 Å². The van der Waals surface area contributed by atoms with Gasteiger partial charge in [0.25, 0.3) is 11.2 Å². The van der Waals surface area contributed by atoms with Crippen LogP contribution in [0.2, 0.25) is 0 Å². The number of aromatic amines is 1. The highest BCUT2D eigenvalue weighted by molar-refractivity contribution is 7.98. The molecule has 1 aromatic carbocycles. The zero-order valence-corrected chi connectivity index (χ0v) is 20.1. The third-order valence-electron chi connectivity index (χ3n) is 5.32. The number of rotatable bonds is 7. The van der Waals surface area contributed by atoms with Crippen molar-refractivity contribution in [1.29, 1.82) is 0 Å². The molecular formula is C24H23N5O5S. The van der Waals surface area contributed by atoms with E-state index in [9.17, 15) is 19.7 Å². The Hall–Kier alpha value is -3.99. The number of fused-ring (bicyclic) bond motifs is 1. The van der Waals surface area contributed by atoms with Gasteiger partial charge in [0.15, 0.2) is 5.16 Å². The maximum absolute atomic E-state index is 13.3. The van der Waals surface area contributed by atoms with E-state index in [1.165, 1.54) is 23.9 Å². The molecule has 2 N–H and O–H groups in total. The summed E-state index contributed by atoms with van der Waals surface area (Å²) in [5.74, 6) is -0.406. The van der Waals surface area contributed by atoms with Crippen molar-refractivity contribution in [2.75, 3.05) is 5.32 Å². The summed E-state index contributed by atoms with van der Waals surface area (Å²) in [6.45, 7) is 5.27. The normalized spacial score (nSPS) is 14.9. The van der Waals surface area contributed by atoms with Crippen LogP contribution in [0.15, 0.2) is 70.0 Å². The number of thioether (sulfide) groups is 1. The first-order valence-corrected chi connectivity index (χ1v) is 11.8. The predicted molar refractivity (Wildman–Crippen MR) is 131 cm³/mol. The summed E-state index contributed by atoms with van der Waals surface area (Å²) < 4.78 is 5.47. The number of nitro groups is 1. The second-order valence-electron chi connectivity index (χ2n) is 8.18. The number of pyridine rings is 1. The molecule has 1 aliphatic heterocycles. The molecule has 0 unspecified atom stereocenters. The first-order chi connectivity index (χ1) is 16.7. The lowest BCUT2D eigenvalue weighted by Gasteiger charge is -2.29. The Kier molecular flexibility index (Phi) is 6.97. The first kappa shape index (κ1) is 24.1. The molecule has 0 saturated carbocycles. The fourth-order valence-corrected chi connectivity index (χ4v) is 4.61. The molecule has 3 heterocycles. The fourth-order valence-electron chi connectivity index (χ4n) is 3.79. The van der Waals surface area contributed by atoms with Crippen LogP contribution in [-0.4, -0.2) is 31.9 Å². The number of nitrogens with zero attached hydrogens (tertiary/aromatic N) is 3. The number of nitrogens with one attached hydrogen (secondary N) is 2. The Bertz CT molecular complexity index is 1350. The summed E-state index contributed by atoms with van der Waals surface area (Å²) in [6.07, 6.45) is 2.91. The van der Waals surface area contributed by atoms with Crippen molar-refractivity contribution in [2.24, 2.45) is 0 Å². The van der Waals surface area contributed by atoms with Gasteiger partial charge >= 0.3 is 5.97 Å². The summed E-state index contributed by atoms with van der Waals surface area (Å²) in [5, 5.41) is 14.3. The van der Waals surface area contributed by atoms with Gasteiger partial charge in [0.2, 0.25) is 0 Å². The number of non-ortho nitro benzene ring substituents is 1. The zero-order chi connectivity index (χ0) is 25.1. The van der Waals surface area contributed by atoms with Crippen LogP contribution in [0.25, 0.3) is 0 Å². The molecule has 0 bridgehead atoms. The average molecular weight is 494 g/mol. The number of nitro benzene ring substituents is 1. The Morgan fingerprint density at radius 2 is 2.00 bits per heavy atom. The lowest BCUT2D eigenvalue weighted by molar-refractivity contribution is -0.384. The molecule has 180 valence electrons. The molecule has 4 rings (SSSR count). The number of ether oxygens (including phenoxy) is 1. The summed E-state index contributed by atoms with van der Waals surface area (Å²) >= 11 is 1.29. The zero-order valence-electron chi connectivity index (χ0n) is 19.3. The summed E-state index contributed by atoms with van der Waals surface area (Å²) in [4.78, 5) is 48.2. The molecule has 1 aliphatic rings. The van der Waals surface area contributed by atoms with E-state index in [1.807, 2.05) is 0 Å². The van der Waals surface area contributed by atoms with E-state index in [0.717, 1.165) is 5.56 Å². The van der Waals surface area contributed by atoms with Crippen molar-refractivity contribution in [3.63, 3.8) is 0 Å². The Morgan fingerprint density at radius 1 is 1.26 bits per heavy atom. The number of carbonyl (C=O) groups is 1. The highest BCUT2D eigenvalue weighted by atomic mass is 32.2. The van der Waals surface area contributed by atoms with Crippen molar-refractivity contribution in [3.05, 3.63) is 97.2 Å². The second kappa shape index (κ2) is 10.1. The number of anilines is 1. The fraction of sp³-hybridized carbons (Fsp3) is 0.250. The standard InChI is InChI=1S/C24H23N5O5S/c1-13(2)34-23(31)18-14(3)26-21-20(19(18)16-5-4-10-25-11-16)22(30)28-24(27-21)35-12-15-6-8-17(9-7-15)29(32)33/h4-11,13,19H,12H2,1-3H3,(H2,26,27,28,30)/t19-/m1/s1. The van der Waals surface area contributed by atoms with Gasteiger partial charge in [-0.25, -0.2) is 9.78 Å². The van der Waals surface area contributed by atoms with Gasteiger partial charge in [0.05, 0.1) is 28.1 Å². The molecule has 11 heteroatoms. The van der Waals surface area contributed by atoms with E-state index in [2.05, 4.69) is 20.3 Å². The van der Waals surface area contributed by atoms with E-state index in [4.69, 9.17) is 4.74 Å². The number of hydrogen-bond acceptors (Lipinski definition) is 9. The molecular weight excluding hydrogens is 470 g/mol. The largest absolute Gasteiger partial charge is 0.460 e. The third-order valence-corrected chi connectivity index (χ3v) is 6.27. The molecule has 1 atom stereocenters. The number of allylic oxidation sites excluding steroid dienone is 1. The van der Waals surface area contributed by atoms with Crippen molar-refractivity contribution in [2.45, 2.75) is 43.7 Å². The maximum Gasteiger partial charge on any atom is 0.337 e. The highest BCUT2D eigenvalue weighted by Gasteiger charge is 2.36. The number of esters is 1. The number of hydrogen-bond donors (Lipinski definition) is 2. The van der Waals surface area contributed by atoms with Crippen LogP contribution >= 0.6 is 11.8 Å². The van der Waals surface area contributed by atoms with Crippen LogP contribution in [0.4, 0.5) is 11.5 Å². The average Bonchev–Trinajstić information content (AvgIpc) is 2.82. The third kappa shape index (κ3) is 5.24. The number of aromatic nitrogens is 3. The SMILES string of the molecule is CC1=C(C(=O)OC(C)C)[C@@H](c2cccnc2)c2c(nc(SCc3ccc([N+](=O)[O-])cc3)[nH]c2=O)N1. The molecule has 3 aromatic rings. The van der Waals surface area contributed by atoms with Crippen molar-refractivity contribution in [3.8, 4) is 0 Å². The lowest BCUT2D eigenvalue weighted by Crippen LogP contribution is -2.31. The van der Waals surface area contributed by atoms with Gasteiger partial charge in [-0.3, -0.25) is 19.9 Å². The molecule has 0 spiro atoms. The topological polar surface area (TPSA) is 140 Å². The number of benzene rings is 1. The van der Waals surface area contributed by atoms with Crippen LogP contribution < -0.4 is 10.9 Å². The lowest BCUT2D eigenvalue weighted by atomic mass is 9.83. The smallest absolute Gasteiger partial charge is 0.337 e. The van der Waals surface area contributed by atoms with Gasteiger partial charge in [-0.1, -0.05) is 30.0 Å². The number of H-pyrrole nitrogens is 1. The van der Waals surface area contributed by atoms with Crippen LogP contribution in [0.3, 0.4) is 0 Å². The molecule has 0 aliphatic carbocycles. The van der Waals surface area contributed by atoms with Crippen LogP contribution in [-0.2, 0) is 15.3 Å². The van der Waals surface area contributed by atoms with E-state index in [1.54, 1.807) is 57.4 Å². The van der Waals surface area contributed by atoms with E-state index < -0.39 is 16.8 Å². The molecule has 10 nitrogen and oxygen atoms in total.